The van der Waals surface area contributed by atoms with Crippen molar-refractivity contribution in [1.82, 2.24) is 0 Å². The molecule has 0 amide bonds. The molecule has 1 fully saturated rings. The van der Waals surface area contributed by atoms with Crippen LogP contribution in [-0.2, 0) is 27.1 Å². The summed E-state index contributed by atoms with van der Waals surface area (Å²) in [6.45, 7) is 29.4. The highest BCUT2D eigenvalue weighted by Crippen LogP contribution is 2.62. The molecule has 71 heavy (non-hydrogen) atoms. The topological polar surface area (TPSA) is 9.72 Å². The predicted octanol–water partition coefficient (Wildman–Crippen LogP) is 16.5. The monoisotopic (exact) mass is 932 g/mol. The highest BCUT2D eigenvalue weighted by atomic mass is 15.3. The van der Waals surface area contributed by atoms with Crippen molar-refractivity contribution in [3.05, 3.63) is 173 Å². The zero-order chi connectivity index (χ0) is 49.6. The Labute approximate surface area is 426 Å². The van der Waals surface area contributed by atoms with Crippen molar-refractivity contribution in [2.45, 2.75) is 161 Å². The third-order valence-electron chi connectivity index (χ3n) is 18.6. The van der Waals surface area contributed by atoms with E-state index in [1.165, 1.54) is 133 Å². The van der Waals surface area contributed by atoms with Crippen molar-refractivity contribution in [2.75, 3.05) is 14.7 Å². The first-order chi connectivity index (χ1) is 33.7. The van der Waals surface area contributed by atoms with Gasteiger partial charge in [0.2, 0.25) is 0 Å². The van der Waals surface area contributed by atoms with E-state index in [1.54, 1.807) is 0 Å². The molecular formula is C67H74BN3. The number of nitrogens with zero attached hydrogens (tertiary/aromatic N) is 3. The molecule has 3 nitrogen and oxygen atoms in total. The highest BCUT2D eigenvalue weighted by molar-refractivity contribution is 7.00. The van der Waals surface area contributed by atoms with Crippen LogP contribution in [0.1, 0.15) is 156 Å². The van der Waals surface area contributed by atoms with Gasteiger partial charge in [0.25, 0.3) is 6.71 Å². The minimum Gasteiger partial charge on any atom is -0.334 e. The predicted molar refractivity (Wildman–Crippen MR) is 306 cm³/mol. The van der Waals surface area contributed by atoms with Gasteiger partial charge in [0.05, 0.1) is 11.2 Å². The first-order valence-electron chi connectivity index (χ1n) is 27.0. The lowest BCUT2D eigenvalue weighted by Gasteiger charge is -2.49. The van der Waals surface area contributed by atoms with Crippen LogP contribution in [0, 0.1) is 0 Å². The molecule has 0 radical (unpaired) electrons. The maximum atomic E-state index is 2.85. The quantitative estimate of drug-likeness (QED) is 0.163. The third kappa shape index (κ3) is 6.89. The van der Waals surface area contributed by atoms with Gasteiger partial charge in [0.15, 0.2) is 0 Å². The molecule has 3 aliphatic heterocycles. The Balaban J connectivity index is 1.24. The second-order valence-corrected chi connectivity index (χ2v) is 26.0. The summed E-state index contributed by atoms with van der Waals surface area (Å²) in [6.07, 6.45) is 8.40. The van der Waals surface area contributed by atoms with Crippen molar-refractivity contribution in [3.8, 4) is 11.1 Å². The van der Waals surface area contributed by atoms with Crippen LogP contribution in [0.4, 0.5) is 45.5 Å². The molecule has 7 aromatic rings. The number of hydrogen-bond donors (Lipinski definition) is 0. The summed E-state index contributed by atoms with van der Waals surface area (Å²) in [4.78, 5) is 8.20. The number of fused-ring (bicyclic) bond motifs is 8. The molecule has 12 rings (SSSR count). The lowest BCUT2D eigenvalue weighted by atomic mass is 9.33. The van der Waals surface area contributed by atoms with Crippen molar-refractivity contribution >= 4 is 68.6 Å². The third-order valence-corrected chi connectivity index (χ3v) is 18.6. The van der Waals surface area contributed by atoms with E-state index in [0.717, 1.165) is 12.8 Å². The molecule has 0 aromatic heterocycles. The smallest absolute Gasteiger partial charge is 0.252 e. The molecule has 1 saturated carbocycles. The maximum Gasteiger partial charge on any atom is 0.252 e. The maximum absolute atomic E-state index is 2.85. The van der Waals surface area contributed by atoms with Crippen LogP contribution in [0.15, 0.2) is 146 Å². The second-order valence-electron chi connectivity index (χ2n) is 26.0. The molecule has 2 aliphatic carbocycles. The van der Waals surface area contributed by atoms with Crippen molar-refractivity contribution in [2.24, 2.45) is 0 Å². The van der Waals surface area contributed by atoms with Gasteiger partial charge in [-0.3, -0.25) is 0 Å². The lowest BCUT2D eigenvalue weighted by molar-refractivity contribution is 0.261. The molecular weight excluding hydrogens is 858 g/mol. The fourth-order valence-electron chi connectivity index (χ4n) is 14.1. The van der Waals surface area contributed by atoms with E-state index in [1.807, 2.05) is 0 Å². The lowest BCUT2D eigenvalue weighted by Crippen LogP contribution is -2.62. The Morgan fingerprint density at radius 1 is 0.423 bits per heavy atom. The van der Waals surface area contributed by atoms with E-state index in [4.69, 9.17) is 0 Å². The van der Waals surface area contributed by atoms with E-state index in [2.05, 4.69) is 243 Å². The van der Waals surface area contributed by atoms with Gasteiger partial charge in [-0.25, -0.2) is 0 Å². The number of anilines is 8. The van der Waals surface area contributed by atoms with Gasteiger partial charge < -0.3 is 14.7 Å². The largest absolute Gasteiger partial charge is 0.334 e. The van der Waals surface area contributed by atoms with Gasteiger partial charge >= 0.3 is 0 Å². The summed E-state index contributed by atoms with van der Waals surface area (Å²) < 4.78 is 0. The van der Waals surface area contributed by atoms with Crippen LogP contribution in [0.3, 0.4) is 0 Å². The molecule has 0 saturated heterocycles. The SMILES string of the molecule is CC(C)(C)c1ccc(N2c3cc4c(cc3B3c5ccccc5N(c5ccccc5)c5cc(N6c7ccc(C(C)(C)C)cc7C7(C)CCCCCC67C)cc2c53)C(C)(C)CCC4(C)C)c(-c2ccccc2)c1. The zero-order valence-electron chi connectivity index (χ0n) is 44.7. The summed E-state index contributed by atoms with van der Waals surface area (Å²) in [5, 5.41) is 0. The molecule has 3 heterocycles. The van der Waals surface area contributed by atoms with Gasteiger partial charge in [-0.15, -0.1) is 0 Å². The highest BCUT2D eigenvalue weighted by Gasteiger charge is 2.58. The minimum absolute atomic E-state index is 0.0233. The summed E-state index contributed by atoms with van der Waals surface area (Å²) >= 11 is 0. The molecule has 0 spiro atoms. The van der Waals surface area contributed by atoms with Gasteiger partial charge in [-0.2, -0.15) is 0 Å². The molecule has 0 N–H and O–H groups in total. The van der Waals surface area contributed by atoms with Crippen LogP contribution in [-0.4, -0.2) is 12.3 Å². The second kappa shape index (κ2) is 15.8. The summed E-state index contributed by atoms with van der Waals surface area (Å²) in [5.74, 6) is 0. The number of hydrogen-bond acceptors (Lipinski definition) is 3. The molecule has 0 bridgehead atoms. The standard InChI is InChI=1S/C67H74BN3/c1-62(2,3)45-30-32-55(49(38-45)44-24-16-13-17-25-44)70-58-43-51-50(64(7,8)36-37-65(51,9)10)42-54(58)68-53-28-20-21-29-57(53)69(47-26-18-14-19-27-47)59-40-48(41-60(70)61(59)68)71-56-33-31-46(63(4,5)6)39-52(56)66(11)34-22-15-23-35-67(66,71)12/h13-14,16-21,24-33,38-43H,15,22-23,34-37H2,1-12H3. The average Bonchev–Trinajstić information content (AvgIpc) is 3.40. The minimum atomic E-state index is -0.150. The molecule has 5 aliphatic rings. The Kier molecular flexibility index (Phi) is 10.2. The van der Waals surface area contributed by atoms with Gasteiger partial charge in [-0.05, 0) is 159 Å². The molecule has 360 valence electrons. The van der Waals surface area contributed by atoms with E-state index < -0.39 is 0 Å². The first kappa shape index (κ1) is 46.1. The molecule has 2 unspecified atom stereocenters. The van der Waals surface area contributed by atoms with E-state index in [0.29, 0.717) is 0 Å². The first-order valence-corrected chi connectivity index (χ1v) is 27.0. The van der Waals surface area contributed by atoms with Crippen molar-refractivity contribution in [1.29, 1.82) is 0 Å². The van der Waals surface area contributed by atoms with Crippen LogP contribution in [0.2, 0.25) is 0 Å². The van der Waals surface area contributed by atoms with Gasteiger partial charge in [0.1, 0.15) is 0 Å². The number of para-hydroxylation sites is 2. The summed E-state index contributed by atoms with van der Waals surface area (Å²) in [5.41, 5.74) is 24.0. The van der Waals surface area contributed by atoms with Crippen LogP contribution < -0.4 is 31.1 Å². The van der Waals surface area contributed by atoms with E-state index >= 15 is 0 Å². The fraction of sp³-hybridized carbons (Fsp3) is 0.373. The summed E-state index contributed by atoms with van der Waals surface area (Å²) in [7, 11) is 0. The zero-order valence-corrected chi connectivity index (χ0v) is 44.7. The number of rotatable bonds is 4. The molecule has 2 atom stereocenters. The fourth-order valence-corrected chi connectivity index (χ4v) is 14.1. The van der Waals surface area contributed by atoms with Crippen LogP contribution in [0.25, 0.3) is 11.1 Å². The van der Waals surface area contributed by atoms with Gasteiger partial charge in [0, 0.05) is 50.8 Å². The number of benzene rings is 7. The molecule has 4 heteroatoms. The molecule has 7 aromatic carbocycles. The van der Waals surface area contributed by atoms with E-state index in [-0.39, 0.29) is 39.3 Å². The van der Waals surface area contributed by atoms with Gasteiger partial charge in [-0.1, -0.05) is 186 Å². The van der Waals surface area contributed by atoms with Crippen LogP contribution in [0.5, 0.6) is 0 Å². The average molecular weight is 932 g/mol. The van der Waals surface area contributed by atoms with E-state index in [9.17, 15) is 0 Å². The normalized spacial score (nSPS) is 21.6. The Bertz CT molecular complexity index is 3260. The Morgan fingerprint density at radius 3 is 1.68 bits per heavy atom. The summed E-state index contributed by atoms with van der Waals surface area (Å²) in [6, 6.07) is 57.3. The Morgan fingerprint density at radius 2 is 1.00 bits per heavy atom. The van der Waals surface area contributed by atoms with Crippen LogP contribution >= 0.6 is 0 Å². The Hall–Kier alpha value is -6.00. The van der Waals surface area contributed by atoms with Crippen molar-refractivity contribution < 1.29 is 0 Å². The van der Waals surface area contributed by atoms with Crippen molar-refractivity contribution in [3.63, 3.8) is 0 Å².